The summed E-state index contributed by atoms with van der Waals surface area (Å²) in [7, 11) is 0. The van der Waals surface area contributed by atoms with Gasteiger partial charge in [-0.05, 0) is 31.0 Å². The Morgan fingerprint density at radius 1 is 1.21 bits per heavy atom. The first-order chi connectivity index (χ1) is 9.17. The molecule has 0 aliphatic heterocycles. The Labute approximate surface area is 112 Å². The van der Waals surface area contributed by atoms with Crippen LogP contribution in [0, 0.1) is 6.92 Å². The molecule has 19 heavy (non-hydrogen) atoms. The fourth-order valence-electron chi connectivity index (χ4n) is 1.69. The van der Waals surface area contributed by atoms with Crippen molar-refractivity contribution in [3.05, 3.63) is 53.7 Å². The lowest BCUT2D eigenvalue weighted by Crippen LogP contribution is -2.26. The van der Waals surface area contributed by atoms with Crippen molar-refractivity contribution in [3.63, 3.8) is 0 Å². The SMILES string of the molecule is Cc1ccc(Oc2ccc(CC(N)CO)cn2)cc1. The number of benzene rings is 1. The number of aliphatic hydroxyl groups excluding tert-OH is 1. The average Bonchev–Trinajstić information content (AvgIpc) is 2.43. The maximum atomic E-state index is 8.90. The molecule has 0 saturated carbocycles. The lowest BCUT2D eigenvalue weighted by atomic mass is 10.1. The summed E-state index contributed by atoms with van der Waals surface area (Å²) in [6, 6.07) is 11.3. The minimum atomic E-state index is -0.245. The summed E-state index contributed by atoms with van der Waals surface area (Å²) in [6.45, 7) is 2.00. The first-order valence-electron chi connectivity index (χ1n) is 6.23. The summed E-state index contributed by atoms with van der Waals surface area (Å²) in [6.07, 6.45) is 2.33. The predicted octanol–water partition coefficient (Wildman–Crippen LogP) is 2.04. The second kappa shape index (κ2) is 6.31. The Balaban J connectivity index is 2.00. The zero-order chi connectivity index (χ0) is 13.7. The molecule has 0 spiro atoms. The zero-order valence-electron chi connectivity index (χ0n) is 10.9. The van der Waals surface area contributed by atoms with Gasteiger partial charge in [0.25, 0.3) is 0 Å². The van der Waals surface area contributed by atoms with E-state index in [1.165, 1.54) is 5.56 Å². The molecular formula is C15H18N2O2. The van der Waals surface area contributed by atoms with Crippen LogP contribution in [0.3, 0.4) is 0 Å². The van der Waals surface area contributed by atoms with E-state index in [2.05, 4.69) is 4.98 Å². The van der Waals surface area contributed by atoms with E-state index in [-0.39, 0.29) is 12.6 Å². The van der Waals surface area contributed by atoms with E-state index in [0.29, 0.717) is 12.3 Å². The van der Waals surface area contributed by atoms with Crippen LogP contribution in [0.2, 0.25) is 0 Å². The summed E-state index contributed by atoms with van der Waals surface area (Å²) in [5.41, 5.74) is 7.84. The third kappa shape index (κ3) is 4.05. The molecule has 1 heterocycles. The highest BCUT2D eigenvalue weighted by Gasteiger charge is 2.04. The van der Waals surface area contributed by atoms with Crippen LogP contribution in [0.4, 0.5) is 0 Å². The van der Waals surface area contributed by atoms with E-state index in [4.69, 9.17) is 15.6 Å². The normalized spacial score (nSPS) is 12.2. The molecule has 0 bridgehead atoms. The van der Waals surface area contributed by atoms with E-state index >= 15 is 0 Å². The minimum absolute atomic E-state index is 0.0262. The topological polar surface area (TPSA) is 68.4 Å². The standard InChI is InChI=1S/C15H18N2O2/c1-11-2-5-14(6-3-11)19-15-7-4-12(9-17-15)8-13(16)10-18/h2-7,9,13,18H,8,10,16H2,1H3. The second-order valence-corrected chi connectivity index (χ2v) is 4.57. The molecule has 0 fully saturated rings. The highest BCUT2D eigenvalue weighted by atomic mass is 16.5. The summed E-state index contributed by atoms with van der Waals surface area (Å²) < 4.78 is 5.63. The summed E-state index contributed by atoms with van der Waals surface area (Å²) in [5.74, 6) is 1.31. The molecule has 0 aliphatic rings. The molecule has 1 aromatic carbocycles. The third-order valence-corrected chi connectivity index (χ3v) is 2.77. The van der Waals surface area contributed by atoms with Gasteiger partial charge in [0.1, 0.15) is 5.75 Å². The largest absolute Gasteiger partial charge is 0.439 e. The third-order valence-electron chi connectivity index (χ3n) is 2.77. The van der Waals surface area contributed by atoms with Crippen LogP contribution >= 0.6 is 0 Å². The summed E-state index contributed by atoms with van der Waals surface area (Å²) in [4.78, 5) is 4.22. The molecule has 0 amide bonds. The molecule has 0 saturated heterocycles. The van der Waals surface area contributed by atoms with E-state index in [0.717, 1.165) is 11.3 Å². The Kier molecular flexibility index (Phi) is 4.49. The number of nitrogens with two attached hydrogens (primary N) is 1. The smallest absolute Gasteiger partial charge is 0.219 e. The Morgan fingerprint density at radius 2 is 1.95 bits per heavy atom. The number of rotatable bonds is 5. The van der Waals surface area contributed by atoms with Gasteiger partial charge in [-0.1, -0.05) is 23.8 Å². The van der Waals surface area contributed by atoms with Crippen molar-refractivity contribution in [3.8, 4) is 11.6 Å². The average molecular weight is 258 g/mol. The molecule has 2 aromatic rings. The fourth-order valence-corrected chi connectivity index (χ4v) is 1.69. The highest BCUT2D eigenvalue weighted by Crippen LogP contribution is 2.19. The first kappa shape index (κ1) is 13.5. The minimum Gasteiger partial charge on any atom is -0.439 e. The molecule has 0 aliphatic carbocycles. The molecule has 3 N–H and O–H groups in total. The number of aliphatic hydroxyl groups is 1. The summed E-state index contributed by atoms with van der Waals surface area (Å²) in [5, 5.41) is 8.90. The van der Waals surface area contributed by atoms with Gasteiger partial charge >= 0.3 is 0 Å². The van der Waals surface area contributed by atoms with Crippen molar-refractivity contribution in [1.29, 1.82) is 0 Å². The van der Waals surface area contributed by atoms with Crippen molar-refractivity contribution in [2.45, 2.75) is 19.4 Å². The van der Waals surface area contributed by atoms with Crippen LogP contribution in [-0.4, -0.2) is 22.7 Å². The molecule has 0 radical (unpaired) electrons. The van der Waals surface area contributed by atoms with Gasteiger partial charge in [0, 0.05) is 18.3 Å². The monoisotopic (exact) mass is 258 g/mol. The molecule has 1 aromatic heterocycles. The number of aromatic nitrogens is 1. The van der Waals surface area contributed by atoms with Gasteiger partial charge in [-0.15, -0.1) is 0 Å². The van der Waals surface area contributed by atoms with Gasteiger partial charge in [-0.3, -0.25) is 0 Å². The van der Waals surface area contributed by atoms with Crippen molar-refractivity contribution in [1.82, 2.24) is 4.98 Å². The van der Waals surface area contributed by atoms with Crippen LogP contribution in [0.5, 0.6) is 11.6 Å². The van der Waals surface area contributed by atoms with Crippen LogP contribution in [0.15, 0.2) is 42.6 Å². The van der Waals surface area contributed by atoms with Gasteiger partial charge in [-0.25, -0.2) is 4.98 Å². The van der Waals surface area contributed by atoms with Gasteiger partial charge in [0.05, 0.1) is 6.61 Å². The molecule has 4 nitrogen and oxygen atoms in total. The fraction of sp³-hybridized carbons (Fsp3) is 0.267. The lowest BCUT2D eigenvalue weighted by Gasteiger charge is -2.09. The van der Waals surface area contributed by atoms with Crippen molar-refractivity contribution in [2.75, 3.05) is 6.61 Å². The Bertz CT molecular complexity index is 509. The van der Waals surface area contributed by atoms with Crippen molar-refractivity contribution >= 4 is 0 Å². The summed E-state index contributed by atoms with van der Waals surface area (Å²) >= 11 is 0. The highest BCUT2D eigenvalue weighted by molar-refractivity contribution is 5.30. The van der Waals surface area contributed by atoms with E-state index in [1.807, 2.05) is 37.3 Å². The van der Waals surface area contributed by atoms with E-state index < -0.39 is 0 Å². The maximum Gasteiger partial charge on any atom is 0.219 e. The van der Waals surface area contributed by atoms with Crippen molar-refractivity contribution in [2.24, 2.45) is 5.73 Å². The quantitative estimate of drug-likeness (QED) is 0.861. The molecule has 2 rings (SSSR count). The number of ether oxygens (including phenoxy) is 1. The zero-order valence-corrected chi connectivity index (χ0v) is 10.9. The molecule has 1 atom stereocenters. The maximum absolute atomic E-state index is 8.90. The molecule has 100 valence electrons. The molecular weight excluding hydrogens is 240 g/mol. The number of pyridine rings is 1. The van der Waals surface area contributed by atoms with E-state index in [9.17, 15) is 0 Å². The van der Waals surface area contributed by atoms with Gasteiger partial charge in [0.2, 0.25) is 5.88 Å². The Hall–Kier alpha value is -1.91. The number of nitrogens with zero attached hydrogens (tertiary/aromatic N) is 1. The molecule has 4 heteroatoms. The lowest BCUT2D eigenvalue weighted by molar-refractivity contribution is 0.265. The van der Waals surface area contributed by atoms with Gasteiger partial charge < -0.3 is 15.6 Å². The van der Waals surface area contributed by atoms with Crippen LogP contribution in [0.1, 0.15) is 11.1 Å². The van der Waals surface area contributed by atoms with Gasteiger partial charge in [-0.2, -0.15) is 0 Å². The number of aryl methyl sites for hydroxylation is 1. The number of hydrogen-bond donors (Lipinski definition) is 2. The first-order valence-corrected chi connectivity index (χ1v) is 6.23. The van der Waals surface area contributed by atoms with Crippen molar-refractivity contribution < 1.29 is 9.84 Å². The van der Waals surface area contributed by atoms with E-state index in [1.54, 1.807) is 12.3 Å². The number of hydrogen-bond acceptors (Lipinski definition) is 4. The molecule has 1 unspecified atom stereocenters. The van der Waals surface area contributed by atoms with Crippen LogP contribution < -0.4 is 10.5 Å². The van der Waals surface area contributed by atoms with Crippen LogP contribution in [-0.2, 0) is 6.42 Å². The van der Waals surface area contributed by atoms with Gasteiger partial charge in [0.15, 0.2) is 0 Å². The predicted molar refractivity (Wildman–Crippen MR) is 74.3 cm³/mol. The Morgan fingerprint density at radius 3 is 2.53 bits per heavy atom. The van der Waals surface area contributed by atoms with Crippen LogP contribution in [0.25, 0.3) is 0 Å². The second-order valence-electron chi connectivity index (χ2n) is 4.57.